The first-order valence-corrected chi connectivity index (χ1v) is 19.3. The number of benzene rings is 2. The van der Waals surface area contributed by atoms with Crippen LogP contribution in [0.2, 0.25) is 0 Å². The molecule has 6 rings (SSSR count). The van der Waals surface area contributed by atoms with Crippen molar-refractivity contribution in [2.75, 3.05) is 6.61 Å². The summed E-state index contributed by atoms with van der Waals surface area (Å²) in [6.45, 7) is 11.8. The number of ketones is 1. The van der Waals surface area contributed by atoms with E-state index in [1.165, 1.54) is 26.0 Å². The van der Waals surface area contributed by atoms with Crippen molar-refractivity contribution < 1.29 is 68.1 Å². The fourth-order valence-electron chi connectivity index (χ4n) is 9.56. The lowest BCUT2D eigenvalue weighted by atomic mass is 9.44. The van der Waals surface area contributed by atoms with Gasteiger partial charge in [0.05, 0.1) is 35.6 Å². The largest absolute Gasteiger partial charge is 0.456 e. The predicted molar refractivity (Wildman–Crippen MR) is 204 cm³/mol. The maximum absolute atomic E-state index is 14.9. The summed E-state index contributed by atoms with van der Waals surface area (Å²) in [5.74, 6) is -5.36. The second kappa shape index (κ2) is 15.2. The molecule has 58 heavy (non-hydrogen) atoms. The van der Waals surface area contributed by atoms with Crippen molar-refractivity contribution in [1.82, 2.24) is 5.32 Å². The molecule has 4 aliphatic rings. The van der Waals surface area contributed by atoms with Gasteiger partial charge in [0.1, 0.15) is 35.6 Å². The van der Waals surface area contributed by atoms with E-state index < -0.39 is 112 Å². The van der Waals surface area contributed by atoms with E-state index in [1.807, 2.05) is 0 Å². The summed E-state index contributed by atoms with van der Waals surface area (Å²) < 4.78 is 29.5. The van der Waals surface area contributed by atoms with Gasteiger partial charge in [0.25, 0.3) is 0 Å². The first-order chi connectivity index (χ1) is 27.0. The number of Topliss-reactive ketones (excluding diaryl/α,β-unsaturated/α-hetero) is 1. The zero-order valence-electron chi connectivity index (χ0n) is 33.9. The molecule has 0 aromatic heterocycles. The Hall–Kier alpha value is -4.67. The van der Waals surface area contributed by atoms with Gasteiger partial charge in [0.2, 0.25) is 0 Å². The number of rotatable bonds is 8. The van der Waals surface area contributed by atoms with Crippen LogP contribution >= 0.6 is 0 Å². The molecule has 1 heterocycles. The third kappa shape index (κ3) is 7.10. The summed E-state index contributed by atoms with van der Waals surface area (Å²) in [5, 5.41) is 51.6. The Morgan fingerprint density at radius 2 is 1.55 bits per heavy atom. The monoisotopic (exact) mass is 807 g/mol. The molecule has 2 aromatic carbocycles. The minimum Gasteiger partial charge on any atom is -0.456 e. The highest BCUT2D eigenvalue weighted by atomic mass is 16.6. The Bertz CT molecular complexity index is 1980. The van der Waals surface area contributed by atoms with Crippen molar-refractivity contribution in [2.24, 2.45) is 16.7 Å². The van der Waals surface area contributed by atoms with Crippen molar-refractivity contribution in [1.29, 1.82) is 0 Å². The van der Waals surface area contributed by atoms with E-state index in [1.54, 1.807) is 83.1 Å². The molecule has 5 N–H and O–H groups in total. The third-order valence-electron chi connectivity index (χ3n) is 12.6. The molecule has 1 aliphatic heterocycles. The zero-order chi connectivity index (χ0) is 42.7. The van der Waals surface area contributed by atoms with Gasteiger partial charge in [-0.3, -0.25) is 9.59 Å². The maximum atomic E-state index is 14.9. The van der Waals surface area contributed by atoms with E-state index in [9.17, 15) is 44.4 Å². The summed E-state index contributed by atoms with van der Waals surface area (Å²) in [7, 11) is 0. The summed E-state index contributed by atoms with van der Waals surface area (Å²) in [5.41, 5.74) is -8.14. The second-order valence-corrected chi connectivity index (χ2v) is 17.6. The fourth-order valence-corrected chi connectivity index (χ4v) is 9.56. The standard InChI is InChI=1S/C43H53NO14/c1-22-26(55-37(51)32(48)30(24-15-11-9-12-16-24)44-38(52)58-39(3,4)5)20-43(53)35(56-36(50)25-17-13-10-14-18-25)33-41(8,34(49)31(47)29(22)40(43,6)7)27(46)19-28-42(33,21-54-28)57-23(2)45/h9-18,26-28,30-33,35,46-48,53H,19-21H2,1-8H3,(H,44,52)/t26-,27-,28?,30?,31+,32+,33?,35?,41+,42-,43+/m0/s1. The molecule has 2 aromatic rings. The normalized spacial score (nSPS) is 33.7. The topological polar surface area (TPSA) is 224 Å². The molecule has 11 atom stereocenters. The van der Waals surface area contributed by atoms with Crippen LogP contribution < -0.4 is 5.32 Å². The second-order valence-electron chi connectivity index (χ2n) is 17.6. The molecule has 0 spiro atoms. The lowest BCUT2D eigenvalue weighted by Gasteiger charge is -2.67. The number of amides is 1. The quantitative estimate of drug-likeness (QED) is 0.147. The lowest BCUT2D eigenvalue weighted by molar-refractivity contribution is -0.346. The van der Waals surface area contributed by atoms with Crippen LogP contribution in [0.1, 0.15) is 90.2 Å². The number of nitrogens with one attached hydrogen (secondary N) is 1. The summed E-state index contributed by atoms with van der Waals surface area (Å²) in [6, 6.07) is 14.6. The molecule has 0 radical (unpaired) electrons. The molecule has 15 heteroatoms. The van der Waals surface area contributed by atoms with E-state index in [2.05, 4.69) is 5.32 Å². The van der Waals surface area contributed by atoms with Crippen molar-refractivity contribution in [3.8, 4) is 0 Å². The van der Waals surface area contributed by atoms with Crippen LogP contribution in [0.25, 0.3) is 0 Å². The highest BCUT2D eigenvalue weighted by Gasteiger charge is 2.78. The van der Waals surface area contributed by atoms with Crippen LogP contribution in [0.3, 0.4) is 0 Å². The number of hydrogen-bond donors (Lipinski definition) is 5. The Morgan fingerprint density at radius 1 is 0.948 bits per heavy atom. The van der Waals surface area contributed by atoms with E-state index >= 15 is 0 Å². The van der Waals surface area contributed by atoms with Crippen molar-refractivity contribution in [3.05, 3.63) is 82.9 Å². The number of ether oxygens (including phenoxy) is 5. The first-order valence-electron chi connectivity index (χ1n) is 19.3. The molecule has 4 unspecified atom stereocenters. The molecule has 3 aliphatic carbocycles. The third-order valence-corrected chi connectivity index (χ3v) is 12.6. The molecule has 314 valence electrons. The van der Waals surface area contributed by atoms with E-state index in [0.29, 0.717) is 5.56 Å². The molecule has 2 bridgehead atoms. The highest BCUT2D eigenvalue weighted by Crippen LogP contribution is 2.64. The SMILES string of the molecule is CC(=O)O[C@@]12COC1C[C@H](O)[C@@]1(C)C(=O)[C@H](O)C3=C(C)[C@@H](OC(=O)[C@H](O)C(NC(=O)OC(C)(C)C)c4ccccc4)C[C@@](O)(C(OC(=O)c4ccccc4)C21)C3(C)C. The fraction of sp³-hybridized carbons (Fsp3) is 0.558. The number of aliphatic hydroxyl groups is 4. The molecule has 3 fully saturated rings. The average Bonchev–Trinajstić information content (AvgIpc) is 3.14. The number of carbonyl (C=O) groups excluding carboxylic acids is 5. The molecule has 1 saturated heterocycles. The van der Waals surface area contributed by atoms with Gasteiger partial charge in [-0.1, -0.05) is 62.4 Å². The number of fused-ring (bicyclic) bond motifs is 5. The lowest BCUT2D eigenvalue weighted by Crippen LogP contribution is -2.81. The Kier molecular flexibility index (Phi) is 11.2. The molecule has 1 amide bonds. The van der Waals surface area contributed by atoms with Gasteiger partial charge in [0.15, 0.2) is 17.5 Å². The number of alkyl carbamates (subject to hydrolysis) is 1. The van der Waals surface area contributed by atoms with Crippen molar-refractivity contribution in [2.45, 2.75) is 128 Å². The van der Waals surface area contributed by atoms with Crippen LogP contribution in [0.5, 0.6) is 0 Å². The van der Waals surface area contributed by atoms with Crippen molar-refractivity contribution in [3.63, 3.8) is 0 Å². The van der Waals surface area contributed by atoms with Gasteiger partial charge in [-0.05, 0) is 63.5 Å². The van der Waals surface area contributed by atoms with Gasteiger partial charge in [-0.2, -0.15) is 0 Å². The first kappa shape index (κ1) is 42.9. The molecule has 15 nitrogen and oxygen atoms in total. The van der Waals surface area contributed by atoms with Crippen LogP contribution in [0, 0.1) is 16.7 Å². The number of esters is 3. The molecule has 2 saturated carbocycles. The average molecular weight is 808 g/mol. The molecular weight excluding hydrogens is 754 g/mol. The Labute approximate surface area is 336 Å². The van der Waals surface area contributed by atoms with Crippen LogP contribution in [0.15, 0.2) is 71.8 Å². The minimum absolute atomic E-state index is 0.0637. The van der Waals surface area contributed by atoms with E-state index in [0.717, 1.165) is 6.92 Å². The highest BCUT2D eigenvalue weighted by molar-refractivity contribution is 5.94. The van der Waals surface area contributed by atoms with Gasteiger partial charge in [0, 0.05) is 25.2 Å². The van der Waals surface area contributed by atoms with Gasteiger partial charge >= 0.3 is 24.0 Å². The summed E-state index contributed by atoms with van der Waals surface area (Å²) in [4.78, 5) is 68.9. The smallest absolute Gasteiger partial charge is 0.408 e. The number of aliphatic hydroxyl groups excluding tert-OH is 3. The summed E-state index contributed by atoms with van der Waals surface area (Å²) in [6.07, 6.45) is -11.5. The van der Waals surface area contributed by atoms with Gasteiger partial charge < -0.3 is 49.4 Å². The van der Waals surface area contributed by atoms with Crippen LogP contribution in [0.4, 0.5) is 4.79 Å². The van der Waals surface area contributed by atoms with E-state index in [-0.39, 0.29) is 29.7 Å². The maximum Gasteiger partial charge on any atom is 0.408 e. The van der Waals surface area contributed by atoms with Crippen LogP contribution in [-0.2, 0) is 38.1 Å². The number of hydrogen-bond acceptors (Lipinski definition) is 14. The Balaban J connectivity index is 1.49. The van der Waals surface area contributed by atoms with E-state index in [4.69, 9.17) is 23.7 Å². The predicted octanol–water partition coefficient (Wildman–Crippen LogP) is 3.26. The number of carbonyl (C=O) groups is 5. The molecular formula is C43H53NO14. The van der Waals surface area contributed by atoms with Gasteiger partial charge in [-0.15, -0.1) is 0 Å². The van der Waals surface area contributed by atoms with Crippen LogP contribution in [-0.4, -0.2) is 110 Å². The Morgan fingerprint density at radius 3 is 2.10 bits per heavy atom. The minimum atomic E-state index is -2.35. The summed E-state index contributed by atoms with van der Waals surface area (Å²) >= 11 is 0. The van der Waals surface area contributed by atoms with Gasteiger partial charge in [-0.25, -0.2) is 14.4 Å². The van der Waals surface area contributed by atoms with Crippen molar-refractivity contribution >= 4 is 29.8 Å². The zero-order valence-corrected chi connectivity index (χ0v) is 33.9.